The number of methoxy groups -OCH3 is 2. The molecule has 1 N–H and O–H groups in total. The van der Waals surface area contributed by atoms with Gasteiger partial charge in [0.1, 0.15) is 11.6 Å². The number of rotatable bonds is 4. The number of amides is 1. The van der Waals surface area contributed by atoms with Crippen LogP contribution in [-0.2, 0) is 7.05 Å². The summed E-state index contributed by atoms with van der Waals surface area (Å²) in [4.78, 5) is 25.2. The number of fused-ring (bicyclic) bond motifs is 1. The number of nitrogens with zero attached hydrogens (tertiary/aromatic N) is 1. The molecule has 8 heteroatoms. The molecule has 3 rings (SSSR count). The molecule has 2 aromatic carbocycles. The van der Waals surface area contributed by atoms with E-state index in [4.69, 9.17) is 9.47 Å². The molecular formula is C19H16F2N2O4. The van der Waals surface area contributed by atoms with Gasteiger partial charge in [0.2, 0.25) is 0 Å². The van der Waals surface area contributed by atoms with E-state index in [1.807, 2.05) is 0 Å². The van der Waals surface area contributed by atoms with Crippen LogP contribution in [0, 0.1) is 11.6 Å². The summed E-state index contributed by atoms with van der Waals surface area (Å²) < 4.78 is 38.6. The molecule has 1 amide bonds. The largest absolute Gasteiger partial charge is 0.493 e. The maximum atomic E-state index is 13.9. The second-order valence-electron chi connectivity index (χ2n) is 5.79. The van der Waals surface area contributed by atoms with E-state index in [0.717, 1.165) is 12.1 Å². The first-order valence-electron chi connectivity index (χ1n) is 7.87. The zero-order chi connectivity index (χ0) is 19.7. The zero-order valence-electron chi connectivity index (χ0n) is 14.8. The van der Waals surface area contributed by atoms with Crippen molar-refractivity contribution in [1.82, 2.24) is 4.57 Å². The minimum atomic E-state index is -0.906. The lowest BCUT2D eigenvalue weighted by molar-refractivity contribution is 0.102. The van der Waals surface area contributed by atoms with E-state index in [1.54, 1.807) is 0 Å². The van der Waals surface area contributed by atoms with Crippen LogP contribution >= 0.6 is 0 Å². The molecule has 1 heterocycles. The first-order chi connectivity index (χ1) is 12.8. The number of anilines is 1. The van der Waals surface area contributed by atoms with Crippen molar-refractivity contribution in [3.8, 4) is 11.5 Å². The Morgan fingerprint density at radius 3 is 2.26 bits per heavy atom. The molecule has 3 aromatic rings. The molecule has 0 aliphatic carbocycles. The highest BCUT2D eigenvalue weighted by molar-refractivity contribution is 6.13. The standard InChI is InChI=1S/C19H16F2N2O4/c1-23-9-13(18(24)22-15-5-4-10(20)6-14(15)21)11-7-16(26-2)17(27-3)8-12(11)19(23)25/h4-9H,1-3H3,(H,22,24). The first-order valence-corrected chi connectivity index (χ1v) is 7.87. The Labute approximate surface area is 152 Å². The minimum Gasteiger partial charge on any atom is -0.493 e. The third-order valence-corrected chi connectivity index (χ3v) is 4.11. The van der Waals surface area contributed by atoms with Gasteiger partial charge in [-0.2, -0.15) is 0 Å². The van der Waals surface area contributed by atoms with Gasteiger partial charge >= 0.3 is 0 Å². The Morgan fingerprint density at radius 1 is 1.04 bits per heavy atom. The summed E-state index contributed by atoms with van der Waals surface area (Å²) in [6, 6.07) is 5.81. The SMILES string of the molecule is COc1cc2c(C(=O)Nc3ccc(F)cc3F)cn(C)c(=O)c2cc1OC. The van der Waals surface area contributed by atoms with Gasteiger partial charge in [0.15, 0.2) is 11.5 Å². The maximum absolute atomic E-state index is 13.9. The molecule has 0 spiro atoms. The summed E-state index contributed by atoms with van der Waals surface area (Å²) in [6.45, 7) is 0. The van der Waals surface area contributed by atoms with Gasteiger partial charge in [-0.3, -0.25) is 9.59 Å². The van der Waals surface area contributed by atoms with E-state index in [0.29, 0.717) is 23.0 Å². The van der Waals surface area contributed by atoms with Crippen LogP contribution < -0.4 is 20.3 Å². The average molecular weight is 374 g/mol. The van der Waals surface area contributed by atoms with Gasteiger partial charge in [-0.1, -0.05) is 0 Å². The molecule has 0 saturated carbocycles. The van der Waals surface area contributed by atoms with E-state index >= 15 is 0 Å². The predicted octanol–water partition coefficient (Wildman–Crippen LogP) is 3.09. The van der Waals surface area contributed by atoms with Crippen LogP contribution in [0.1, 0.15) is 10.4 Å². The summed E-state index contributed by atoms with van der Waals surface area (Å²) >= 11 is 0. The van der Waals surface area contributed by atoms with E-state index in [9.17, 15) is 18.4 Å². The molecule has 27 heavy (non-hydrogen) atoms. The Bertz CT molecular complexity index is 1110. The molecule has 140 valence electrons. The highest BCUT2D eigenvalue weighted by Gasteiger charge is 2.18. The number of hydrogen-bond donors (Lipinski definition) is 1. The topological polar surface area (TPSA) is 69.6 Å². The molecule has 0 radical (unpaired) electrons. The molecule has 0 aliphatic rings. The number of aryl methyl sites for hydroxylation is 1. The van der Waals surface area contributed by atoms with Gasteiger partial charge in [-0.15, -0.1) is 0 Å². The number of pyridine rings is 1. The lowest BCUT2D eigenvalue weighted by Crippen LogP contribution is -2.22. The van der Waals surface area contributed by atoms with Crippen LogP contribution in [0.3, 0.4) is 0 Å². The molecular weight excluding hydrogens is 358 g/mol. The van der Waals surface area contributed by atoms with Crippen LogP contribution in [0.15, 0.2) is 41.3 Å². The van der Waals surface area contributed by atoms with Gasteiger partial charge in [0.05, 0.1) is 30.9 Å². The fourth-order valence-electron chi connectivity index (χ4n) is 2.75. The zero-order valence-corrected chi connectivity index (χ0v) is 14.8. The van der Waals surface area contributed by atoms with Crippen molar-refractivity contribution < 1.29 is 23.0 Å². The van der Waals surface area contributed by atoms with E-state index in [-0.39, 0.29) is 22.2 Å². The number of nitrogens with one attached hydrogen (secondary N) is 1. The monoisotopic (exact) mass is 374 g/mol. The number of ether oxygens (including phenoxy) is 2. The van der Waals surface area contributed by atoms with E-state index in [2.05, 4.69) is 5.32 Å². The van der Waals surface area contributed by atoms with E-state index in [1.165, 1.54) is 44.2 Å². The molecule has 0 aliphatic heterocycles. The Hall–Kier alpha value is -3.42. The third-order valence-electron chi connectivity index (χ3n) is 4.11. The smallest absolute Gasteiger partial charge is 0.258 e. The number of aromatic nitrogens is 1. The highest BCUT2D eigenvalue weighted by atomic mass is 19.1. The molecule has 0 atom stereocenters. The lowest BCUT2D eigenvalue weighted by Gasteiger charge is -2.13. The summed E-state index contributed by atoms with van der Waals surface area (Å²) in [6.07, 6.45) is 1.34. The van der Waals surface area contributed by atoms with Gasteiger partial charge < -0.3 is 19.4 Å². The highest BCUT2D eigenvalue weighted by Crippen LogP contribution is 2.32. The van der Waals surface area contributed by atoms with E-state index < -0.39 is 17.5 Å². The molecule has 0 saturated heterocycles. The van der Waals surface area contributed by atoms with Gasteiger partial charge in [0, 0.05) is 24.7 Å². The van der Waals surface area contributed by atoms with Crippen molar-refractivity contribution in [2.24, 2.45) is 7.05 Å². The normalized spacial score (nSPS) is 10.7. The fraction of sp³-hybridized carbons (Fsp3) is 0.158. The Balaban J connectivity index is 2.16. The first kappa shape index (κ1) is 18.4. The quantitative estimate of drug-likeness (QED) is 0.762. The maximum Gasteiger partial charge on any atom is 0.258 e. The lowest BCUT2D eigenvalue weighted by atomic mass is 10.1. The average Bonchev–Trinajstić information content (AvgIpc) is 2.65. The van der Waals surface area contributed by atoms with Crippen LogP contribution in [0.4, 0.5) is 14.5 Å². The van der Waals surface area contributed by atoms with Gasteiger partial charge in [-0.25, -0.2) is 8.78 Å². The number of benzene rings is 2. The van der Waals surface area contributed by atoms with Crippen molar-refractivity contribution in [3.63, 3.8) is 0 Å². The van der Waals surface area contributed by atoms with Gasteiger partial charge in [-0.05, 0) is 24.3 Å². The molecule has 0 fully saturated rings. The van der Waals surface area contributed by atoms with Crippen LogP contribution in [-0.4, -0.2) is 24.7 Å². The second-order valence-corrected chi connectivity index (χ2v) is 5.79. The van der Waals surface area contributed by atoms with Crippen LogP contribution in [0.5, 0.6) is 11.5 Å². The summed E-state index contributed by atoms with van der Waals surface area (Å²) in [5, 5.41) is 2.94. The van der Waals surface area contributed by atoms with Crippen molar-refractivity contribution in [1.29, 1.82) is 0 Å². The number of carbonyl (C=O) groups is 1. The minimum absolute atomic E-state index is 0.122. The third kappa shape index (κ3) is 3.33. The molecule has 0 unspecified atom stereocenters. The number of hydrogen-bond acceptors (Lipinski definition) is 4. The van der Waals surface area contributed by atoms with Crippen LogP contribution in [0.2, 0.25) is 0 Å². The predicted molar refractivity (Wildman–Crippen MR) is 96.6 cm³/mol. The number of halogens is 2. The van der Waals surface area contributed by atoms with Crippen molar-refractivity contribution in [2.75, 3.05) is 19.5 Å². The number of carbonyl (C=O) groups excluding carboxylic acids is 1. The fourth-order valence-corrected chi connectivity index (χ4v) is 2.75. The summed E-state index contributed by atoms with van der Waals surface area (Å²) in [7, 11) is 4.36. The summed E-state index contributed by atoms with van der Waals surface area (Å²) in [5.41, 5.74) is -0.392. The van der Waals surface area contributed by atoms with Crippen molar-refractivity contribution in [2.45, 2.75) is 0 Å². The molecule has 1 aromatic heterocycles. The summed E-state index contributed by atoms with van der Waals surface area (Å²) in [5.74, 6) is -1.65. The van der Waals surface area contributed by atoms with Crippen LogP contribution in [0.25, 0.3) is 10.8 Å². The second kappa shape index (κ2) is 7.06. The van der Waals surface area contributed by atoms with Crippen molar-refractivity contribution >= 4 is 22.4 Å². The Morgan fingerprint density at radius 2 is 1.67 bits per heavy atom. The molecule has 6 nitrogen and oxygen atoms in total. The van der Waals surface area contributed by atoms with Gasteiger partial charge in [0.25, 0.3) is 11.5 Å². The Kier molecular flexibility index (Phi) is 4.81. The molecule has 0 bridgehead atoms. The van der Waals surface area contributed by atoms with Crippen molar-refractivity contribution in [3.05, 3.63) is 64.1 Å².